The fourth-order valence-electron chi connectivity index (χ4n) is 3.58. The van der Waals surface area contributed by atoms with Crippen LogP contribution in [0.2, 0.25) is 0 Å². The van der Waals surface area contributed by atoms with Crippen LogP contribution in [0, 0.1) is 6.92 Å². The second kappa shape index (κ2) is 7.16. The zero-order chi connectivity index (χ0) is 17.9. The highest BCUT2D eigenvalue weighted by atomic mass is 16.2. The van der Waals surface area contributed by atoms with Gasteiger partial charge in [0.1, 0.15) is 0 Å². The predicted molar refractivity (Wildman–Crippen MR) is 106 cm³/mol. The van der Waals surface area contributed by atoms with Gasteiger partial charge in [-0.05, 0) is 37.6 Å². The summed E-state index contributed by atoms with van der Waals surface area (Å²) in [5.41, 5.74) is 3.99. The zero-order valence-corrected chi connectivity index (χ0v) is 15.1. The molecule has 1 aliphatic rings. The van der Waals surface area contributed by atoms with Crippen LogP contribution in [-0.4, -0.2) is 42.0 Å². The molecule has 1 amide bonds. The summed E-state index contributed by atoms with van der Waals surface area (Å²) in [5, 5.41) is 1.01. The summed E-state index contributed by atoms with van der Waals surface area (Å²) < 4.78 is 0. The Hall–Kier alpha value is -2.88. The van der Waals surface area contributed by atoms with Gasteiger partial charge in [0.05, 0.1) is 11.1 Å². The molecule has 4 nitrogen and oxygen atoms in total. The molecule has 0 aliphatic carbocycles. The van der Waals surface area contributed by atoms with Crippen molar-refractivity contribution in [2.24, 2.45) is 0 Å². The average molecular weight is 345 g/mol. The van der Waals surface area contributed by atoms with Gasteiger partial charge in [0, 0.05) is 43.4 Å². The van der Waals surface area contributed by atoms with E-state index in [0.29, 0.717) is 5.56 Å². The molecule has 26 heavy (non-hydrogen) atoms. The molecule has 3 aromatic rings. The van der Waals surface area contributed by atoms with Crippen LogP contribution < -0.4 is 4.90 Å². The molecule has 1 fully saturated rings. The summed E-state index contributed by atoms with van der Waals surface area (Å²) in [7, 11) is 0. The van der Waals surface area contributed by atoms with Gasteiger partial charge in [-0.15, -0.1) is 0 Å². The molecule has 0 radical (unpaired) electrons. The quantitative estimate of drug-likeness (QED) is 0.707. The third-order valence-electron chi connectivity index (χ3n) is 5.05. The van der Waals surface area contributed by atoms with Crippen molar-refractivity contribution in [2.75, 3.05) is 31.1 Å². The maximum atomic E-state index is 13.1. The van der Waals surface area contributed by atoms with E-state index in [1.54, 1.807) is 6.20 Å². The maximum absolute atomic E-state index is 13.1. The van der Waals surface area contributed by atoms with Crippen molar-refractivity contribution in [3.63, 3.8) is 0 Å². The number of carbonyl (C=O) groups excluding carboxylic acids is 1. The first-order chi connectivity index (χ1) is 12.7. The summed E-state index contributed by atoms with van der Waals surface area (Å²) in [6, 6.07) is 18.4. The van der Waals surface area contributed by atoms with E-state index < -0.39 is 0 Å². The number of pyridine rings is 1. The van der Waals surface area contributed by atoms with E-state index in [1.165, 1.54) is 11.3 Å². The van der Waals surface area contributed by atoms with Gasteiger partial charge >= 0.3 is 0 Å². The van der Waals surface area contributed by atoms with Gasteiger partial charge in [-0.25, -0.2) is 0 Å². The number of anilines is 1. The molecule has 0 spiro atoms. The van der Waals surface area contributed by atoms with Gasteiger partial charge in [0.2, 0.25) is 0 Å². The summed E-state index contributed by atoms with van der Waals surface area (Å²) in [6.07, 6.45) is 2.72. The zero-order valence-electron chi connectivity index (χ0n) is 15.1. The van der Waals surface area contributed by atoms with Crippen LogP contribution >= 0.6 is 0 Å². The number of aromatic nitrogens is 1. The van der Waals surface area contributed by atoms with E-state index in [1.807, 2.05) is 35.2 Å². The molecule has 0 N–H and O–H groups in total. The molecular weight excluding hydrogens is 322 g/mol. The summed E-state index contributed by atoms with van der Waals surface area (Å²) in [6.45, 7) is 5.44. The molecule has 4 rings (SSSR count). The number of hydrogen-bond donors (Lipinski definition) is 0. The van der Waals surface area contributed by atoms with Crippen molar-refractivity contribution in [2.45, 2.75) is 13.3 Å². The van der Waals surface area contributed by atoms with E-state index in [-0.39, 0.29) is 5.91 Å². The number of para-hydroxylation sites is 1. The molecule has 2 aromatic carbocycles. The topological polar surface area (TPSA) is 36.4 Å². The Morgan fingerprint density at radius 2 is 1.73 bits per heavy atom. The minimum atomic E-state index is 0.0834. The number of nitrogens with zero attached hydrogens (tertiary/aromatic N) is 3. The third-order valence-corrected chi connectivity index (χ3v) is 5.05. The smallest absolute Gasteiger partial charge is 0.256 e. The molecule has 0 atom stereocenters. The second-order valence-corrected chi connectivity index (χ2v) is 6.85. The highest BCUT2D eigenvalue weighted by Gasteiger charge is 2.22. The van der Waals surface area contributed by atoms with Crippen LogP contribution in [0.15, 0.2) is 60.8 Å². The molecule has 1 saturated heterocycles. The lowest BCUT2D eigenvalue weighted by Crippen LogP contribution is -2.35. The SMILES string of the molecule is Cc1ccc(N2CCCN(C(=O)c3cccc4cccnc34)CC2)cc1. The molecule has 0 saturated carbocycles. The number of fused-ring (bicyclic) bond motifs is 1. The van der Waals surface area contributed by atoms with Crippen LogP contribution in [0.25, 0.3) is 10.9 Å². The van der Waals surface area contributed by atoms with E-state index in [2.05, 4.69) is 41.1 Å². The highest BCUT2D eigenvalue weighted by Crippen LogP contribution is 2.21. The number of amides is 1. The molecule has 132 valence electrons. The first-order valence-corrected chi connectivity index (χ1v) is 9.17. The van der Waals surface area contributed by atoms with Crippen molar-refractivity contribution in [3.8, 4) is 0 Å². The third kappa shape index (κ3) is 3.27. The maximum Gasteiger partial charge on any atom is 0.256 e. The van der Waals surface area contributed by atoms with Crippen LogP contribution in [0.4, 0.5) is 5.69 Å². The Bertz CT molecular complexity index is 915. The van der Waals surface area contributed by atoms with E-state index in [0.717, 1.165) is 43.5 Å². The molecule has 4 heteroatoms. The Morgan fingerprint density at radius 3 is 2.58 bits per heavy atom. The van der Waals surface area contributed by atoms with E-state index in [4.69, 9.17) is 0 Å². The predicted octanol–water partition coefficient (Wildman–Crippen LogP) is 3.90. The minimum absolute atomic E-state index is 0.0834. The molecule has 0 bridgehead atoms. The largest absolute Gasteiger partial charge is 0.370 e. The number of hydrogen-bond acceptors (Lipinski definition) is 3. The lowest BCUT2D eigenvalue weighted by atomic mass is 10.1. The van der Waals surface area contributed by atoms with Gasteiger partial charge in [-0.3, -0.25) is 9.78 Å². The summed E-state index contributed by atoms with van der Waals surface area (Å²) in [4.78, 5) is 21.9. The van der Waals surface area contributed by atoms with Crippen LogP contribution in [0.1, 0.15) is 22.3 Å². The summed E-state index contributed by atoms with van der Waals surface area (Å²) in [5.74, 6) is 0.0834. The molecule has 0 unspecified atom stereocenters. The minimum Gasteiger partial charge on any atom is -0.370 e. The molecule has 2 heterocycles. The van der Waals surface area contributed by atoms with Gasteiger partial charge in [0.15, 0.2) is 0 Å². The van der Waals surface area contributed by atoms with Gasteiger partial charge in [-0.2, -0.15) is 0 Å². The Balaban J connectivity index is 1.53. The summed E-state index contributed by atoms with van der Waals surface area (Å²) >= 11 is 0. The van der Waals surface area contributed by atoms with E-state index >= 15 is 0 Å². The molecule has 1 aromatic heterocycles. The highest BCUT2D eigenvalue weighted by molar-refractivity contribution is 6.05. The first-order valence-electron chi connectivity index (χ1n) is 9.17. The van der Waals surface area contributed by atoms with E-state index in [9.17, 15) is 4.79 Å². The number of rotatable bonds is 2. The van der Waals surface area contributed by atoms with Crippen LogP contribution in [-0.2, 0) is 0 Å². The Labute approximate surface area is 154 Å². The van der Waals surface area contributed by atoms with Gasteiger partial charge in [-0.1, -0.05) is 35.9 Å². The van der Waals surface area contributed by atoms with Crippen molar-refractivity contribution in [3.05, 3.63) is 71.9 Å². The number of benzene rings is 2. The Kier molecular flexibility index (Phi) is 4.57. The van der Waals surface area contributed by atoms with Gasteiger partial charge < -0.3 is 9.80 Å². The fraction of sp³-hybridized carbons (Fsp3) is 0.273. The van der Waals surface area contributed by atoms with Crippen molar-refractivity contribution < 1.29 is 4.79 Å². The average Bonchev–Trinajstić information content (AvgIpc) is 2.94. The molecular formula is C22H23N3O. The Morgan fingerprint density at radius 1 is 0.923 bits per heavy atom. The van der Waals surface area contributed by atoms with Crippen LogP contribution in [0.3, 0.4) is 0 Å². The van der Waals surface area contributed by atoms with Crippen molar-refractivity contribution in [1.29, 1.82) is 0 Å². The van der Waals surface area contributed by atoms with Crippen LogP contribution in [0.5, 0.6) is 0 Å². The monoisotopic (exact) mass is 345 g/mol. The van der Waals surface area contributed by atoms with Crippen molar-refractivity contribution >= 4 is 22.5 Å². The first kappa shape index (κ1) is 16.6. The molecule has 1 aliphatic heterocycles. The lowest BCUT2D eigenvalue weighted by molar-refractivity contribution is 0.0769. The lowest BCUT2D eigenvalue weighted by Gasteiger charge is -2.24. The normalized spacial score (nSPS) is 15.1. The van der Waals surface area contributed by atoms with Crippen molar-refractivity contribution in [1.82, 2.24) is 9.88 Å². The number of carbonyl (C=O) groups is 1. The van der Waals surface area contributed by atoms with Gasteiger partial charge in [0.25, 0.3) is 5.91 Å². The number of aryl methyl sites for hydroxylation is 1. The second-order valence-electron chi connectivity index (χ2n) is 6.85. The fourth-order valence-corrected chi connectivity index (χ4v) is 3.58. The standard InChI is InChI=1S/C22H23N3O/c1-17-8-10-19(11-9-17)24-13-4-14-25(16-15-24)22(26)20-7-2-5-18-6-3-12-23-21(18)20/h2-3,5-12H,4,13-16H2,1H3.